The predicted octanol–water partition coefficient (Wildman–Crippen LogP) is 2.56. The van der Waals surface area contributed by atoms with Gasteiger partial charge in [-0.25, -0.2) is 0 Å². The van der Waals surface area contributed by atoms with Crippen LogP contribution in [0.1, 0.15) is 15.9 Å². The summed E-state index contributed by atoms with van der Waals surface area (Å²) < 4.78 is 10.5. The third kappa shape index (κ3) is 2.25. The summed E-state index contributed by atoms with van der Waals surface area (Å²) in [6.07, 6.45) is 0. The molecule has 0 unspecified atom stereocenters. The zero-order valence-electron chi connectivity index (χ0n) is 11.0. The van der Waals surface area contributed by atoms with E-state index in [1.54, 1.807) is 30.3 Å². The van der Waals surface area contributed by atoms with Gasteiger partial charge in [-0.3, -0.25) is 4.79 Å². The molecule has 2 aromatic carbocycles. The van der Waals surface area contributed by atoms with E-state index in [9.17, 15) is 4.79 Å². The first-order valence-electron chi connectivity index (χ1n) is 6.20. The van der Waals surface area contributed by atoms with Crippen molar-refractivity contribution in [3.63, 3.8) is 0 Å². The lowest BCUT2D eigenvalue weighted by Crippen LogP contribution is -2.12. The van der Waals surface area contributed by atoms with Crippen molar-refractivity contribution in [2.75, 3.05) is 17.8 Å². The smallest absolute Gasteiger partial charge is 0.255 e. The van der Waals surface area contributed by atoms with Gasteiger partial charge in [-0.1, -0.05) is 6.07 Å². The highest BCUT2D eigenvalue weighted by Gasteiger charge is 2.14. The number of carbonyl (C=O) groups excluding carboxylic acids is 1. The lowest BCUT2D eigenvalue weighted by Gasteiger charge is -2.07. The molecule has 0 fully saturated rings. The molecule has 5 nitrogen and oxygen atoms in total. The van der Waals surface area contributed by atoms with Gasteiger partial charge in [-0.05, 0) is 36.8 Å². The normalized spacial score (nSPS) is 12.2. The van der Waals surface area contributed by atoms with Crippen LogP contribution in [0.15, 0.2) is 36.4 Å². The molecule has 5 heteroatoms. The van der Waals surface area contributed by atoms with Crippen LogP contribution in [-0.4, -0.2) is 12.7 Å². The van der Waals surface area contributed by atoms with Gasteiger partial charge in [-0.2, -0.15) is 0 Å². The lowest BCUT2D eigenvalue weighted by atomic mass is 10.1. The summed E-state index contributed by atoms with van der Waals surface area (Å²) in [5, 5.41) is 2.80. The molecule has 0 saturated heterocycles. The van der Waals surface area contributed by atoms with Crippen molar-refractivity contribution in [3.8, 4) is 11.5 Å². The maximum absolute atomic E-state index is 12.1. The van der Waals surface area contributed by atoms with Crippen molar-refractivity contribution in [3.05, 3.63) is 47.5 Å². The largest absolute Gasteiger partial charge is 0.454 e. The zero-order chi connectivity index (χ0) is 14.1. The van der Waals surface area contributed by atoms with E-state index in [4.69, 9.17) is 15.2 Å². The number of amides is 1. The summed E-state index contributed by atoms with van der Waals surface area (Å²) in [6, 6.07) is 10.5. The Balaban J connectivity index is 1.80. The average Bonchev–Trinajstić information content (AvgIpc) is 2.89. The van der Waals surface area contributed by atoms with Crippen molar-refractivity contribution >= 4 is 17.3 Å². The number of fused-ring (bicyclic) bond motifs is 1. The maximum Gasteiger partial charge on any atom is 0.255 e. The fourth-order valence-electron chi connectivity index (χ4n) is 1.96. The molecule has 3 rings (SSSR count). The predicted molar refractivity (Wildman–Crippen MR) is 76.1 cm³/mol. The van der Waals surface area contributed by atoms with Crippen LogP contribution < -0.4 is 20.5 Å². The Morgan fingerprint density at radius 1 is 1.15 bits per heavy atom. The van der Waals surface area contributed by atoms with Crippen LogP contribution in [-0.2, 0) is 0 Å². The van der Waals surface area contributed by atoms with E-state index in [1.165, 1.54) is 0 Å². The summed E-state index contributed by atoms with van der Waals surface area (Å²) in [5.74, 6) is 1.10. The Morgan fingerprint density at radius 3 is 2.75 bits per heavy atom. The number of aryl methyl sites for hydroxylation is 1. The molecule has 20 heavy (non-hydrogen) atoms. The van der Waals surface area contributed by atoms with Crippen molar-refractivity contribution in [2.24, 2.45) is 0 Å². The number of benzene rings is 2. The number of nitrogen functional groups attached to an aromatic ring is 1. The van der Waals surface area contributed by atoms with E-state index in [-0.39, 0.29) is 12.7 Å². The summed E-state index contributed by atoms with van der Waals surface area (Å²) in [6.45, 7) is 2.11. The van der Waals surface area contributed by atoms with E-state index in [0.29, 0.717) is 28.4 Å². The van der Waals surface area contributed by atoms with Gasteiger partial charge in [-0.15, -0.1) is 0 Å². The molecular formula is C15H14N2O3. The van der Waals surface area contributed by atoms with Crippen LogP contribution in [0.5, 0.6) is 11.5 Å². The molecule has 0 bridgehead atoms. The molecule has 0 spiro atoms. The van der Waals surface area contributed by atoms with Crippen LogP contribution in [0.3, 0.4) is 0 Å². The number of nitrogens with two attached hydrogens (primary N) is 1. The van der Waals surface area contributed by atoms with Crippen LogP contribution in [0.2, 0.25) is 0 Å². The molecule has 1 aliphatic heterocycles. The van der Waals surface area contributed by atoms with Crippen LogP contribution in [0.25, 0.3) is 0 Å². The van der Waals surface area contributed by atoms with E-state index < -0.39 is 0 Å². The first-order valence-corrected chi connectivity index (χ1v) is 6.20. The van der Waals surface area contributed by atoms with E-state index >= 15 is 0 Å². The minimum Gasteiger partial charge on any atom is -0.454 e. The van der Waals surface area contributed by atoms with Gasteiger partial charge in [0.05, 0.1) is 0 Å². The van der Waals surface area contributed by atoms with Gasteiger partial charge >= 0.3 is 0 Å². The molecule has 0 aliphatic carbocycles. The number of hydrogen-bond donors (Lipinski definition) is 2. The summed E-state index contributed by atoms with van der Waals surface area (Å²) >= 11 is 0. The first kappa shape index (κ1) is 12.3. The minimum absolute atomic E-state index is 0.210. The Hall–Kier alpha value is -2.69. The second-order valence-corrected chi connectivity index (χ2v) is 4.59. The monoisotopic (exact) mass is 270 g/mol. The van der Waals surface area contributed by atoms with Gasteiger partial charge in [0.1, 0.15) is 0 Å². The van der Waals surface area contributed by atoms with Gasteiger partial charge in [0.25, 0.3) is 5.91 Å². The van der Waals surface area contributed by atoms with Gasteiger partial charge in [0, 0.05) is 23.0 Å². The average molecular weight is 270 g/mol. The SMILES string of the molecule is Cc1ccc(C(=O)Nc2ccc3c(c2)OCO3)cc1N. The van der Waals surface area contributed by atoms with E-state index in [2.05, 4.69) is 5.32 Å². The molecular weight excluding hydrogens is 256 g/mol. The quantitative estimate of drug-likeness (QED) is 0.822. The fraction of sp³-hybridized carbons (Fsp3) is 0.133. The van der Waals surface area contributed by atoms with Gasteiger partial charge < -0.3 is 20.5 Å². The molecule has 0 saturated carbocycles. The van der Waals surface area contributed by atoms with E-state index in [0.717, 1.165) is 5.56 Å². The highest BCUT2D eigenvalue weighted by Crippen LogP contribution is 2.34. The molecule has 0 radical (unpaired) electrons. The fourth-order valence-corrected chi connectivity index (χ4v) is 1.96. The third-order valence-electron chi connectivity index (χ3n) is 3.17. The number of ether oxygens (including phenoxy) is 2. The molecule has 0 atom stereocenters. The van der Waals surface area contributed by atoms with Crippen molar-refractivity contribution in [1.29, 1.82) is 0 Å². The molecule has 102 valence electrons. The zero-order valence-corrected chi connectivity index (χ0v) is 11.0. The Bertz CT molecular complexity index is 683. The number of hydrogen-bond acceptors (Lipinski definition) is 4. The molecule has 1 heterocycles. The Labute approximate surface area is 116 Å². The van der Waals surface area contributed by atoms with Crippen LogP contribution in [0.4, 0.5) is 11.4 Å². The second-order valence-electron chi connectivity index (χ2n) is 4.59. The van der Waals surface area contributed by atoms with Crippen molar-refractivity contribution < 1.29 is 14.3 Å². The van der Waals surface area contributed by atoms with Crippen LogP contribution >= 0.6 is 0 Å². The molecule has 2 aromatic rings. The lowest BCUT2D eigenvalue weighted by molar-refractivity contribution is 0.102. The summed E-state index contributed by atoms with van der Waals surface area (Å²) in [4.78, 5) is 12.1. The minimum atomic E-state index is -0.212. The van der Waals surface area contributed by atoms with Gasteiger partial charge in [0.2, 0.25) is 6.79 Å². The van der Waals surface area contributed by atoms with E-state index in [1.807, 2.05) is 13.0 Å². The third-order valence-corrected chi connectivity index (χ3v) is 3.17. The van der Waals surface area contributed by atoms with Crippen molar-refractivity contribution in [2.45, 2.75) is 6.92 Å². The molecule has 1 amide bonds. The Kier molecular flexibility index (Phi) is 2.95. The molecule has 1 aliphatic rings. The molecule has 3 N–H and O–H groups in total. The highest BCUT2D eigenvalue weighted by molar-refractivity contribution is 6.05. The van der Waals surface area contributed by atoms with Crippen LogP contribution in [0, 0.1) is 6.92 Å². The highest BCUT2D eigenvalue weighted by atomic mass is 16.7. The number of nitrogens with one attached hydrogen (secondary N) is 1. The number of anilines is 2. The van der Waals surface area contributed by atoms with Gasteiger partial charge in [0.15, 0.2) is 11.5 Å². The number of rotatable bonds is 2. The second kappa shape index (κ2) is 4.77. The summed E-state index contributed by atoms with van der Waals surface area (Å²) in [5.41, 5.74) is 8.53. The molecule has 0 aromatic heterocycles. The summed E-state index contributed by atoms with van der Waals surface area (Å²) in [7, 11) is 0. The van der Waals surface area contributed by atoms with Crippen molar-refractivity contribution in [1.82, 2.24) is 0 Å². The number of carbonyl (C=O) groups is 1. The topological polar surface area (TPSA) is 73.6 Å². The first-order chi connectivity index (χ1) is 9.63. The maximum atomic E-state index is 12.1. The Morgan fingerprint density at radius 2 is 1.95 bits per heavy atom. The standard InChI is InChI=1S/C15H14N2O3/c1-9-2-3-10(6-12(9)16)15(18)17-11-4-5-13-14(7-11)20-8-19-13/h2-7H,8,16H2,1H3,(H,17,18).